The van der Waals surface area contributed by atoms with Gasteiger partial charge < -0.3 is 10.1 Å². The second-order valence-corrected chi connectivity index (χ2v) is 9.91. The van der Waals surface area contributed by atoms with E-state index in [0.29, 0.717) is 27.4 Å². The summed E-state index contributed by atoms with van der Waals surface area (Å²) < 4.78 is 6.33. The highest BCUT2D eigenvalue weighted by Gasteiger charge is 2.21. The number of rotatable bonds is 6. The molecular formula is C26H23BrClN3O4. The van der Waals surface area contributed by atoms with E-state index < -0.39 is 17.3 Å². The van der Waals surface area contributed by atoms with Crippen LogP contribution in [0.1, 0.15) is 47.1 Å². The predicted octanol–water partition coefficient (Wildman–Crippen LogP) is 6.07. The number of carbonyl (C=O) groups is 3. The van der Waals surface area contributed by atoms with Gasteiger partial charge in [-0.3, -0.25) is 9.59 Å². The van der Waals surface area contributed by atoms with Crippen LogP contribution in [-0.4, -0.2) is 24.0 Å². The van der Waals surface area contributed by atoms with Crippen LogP contribution in [0.5, 0.6) is 5.75 Å². The molecule has 3 aromatic rings. The number of ether oxygens (including phenoxy) is 1. The van der Waals surface area contributed by atoms with Gasteiger partial charge in [0.15, 0.2) is 0 Å². The minimum absolute atomic E-state index is 0.127. The van der Waals surface area contributed by atoms with Crippen LogP contribution in [0.2, 0.25) is 5.02 Å². The third-order valence-corrected chi connectivity index (χ3v) is 5.47. The van der Waals surface area contributed by atoms with E-state index in [9.17, 15) is 14.4 Å². The van der Waals surface area contributed by atoms with Crippen molar-refractivity contribution >= 4 is 57.2 Å². The Labute approximate surface area is 216 Å². The quantitative estimate of drug-likeness (QED) is 0.167. The number of nitrogens with zero attached hydrogens (tertiary/aromatic N) is 1. The van der Waals surface area contributed by atoms with Crippen molar-refractivity contribution in [3.63, 3.8) is 0 Å². The van der Waals surface area contributed by atoms with Gasteiger partial charge in [-0.2, -0.15) is 5.10 Å². The number of hydrogen-bond acceptors (Lipinski definition) is 5. The molecule has 0 atom stereocenters. The van der Waals surface area contributed by atoms with E-state index >= 15 is 0 Å². The lowest BCUT2D eigenvalue weighted by Gasteiger charge is -2.17. The molecule has 0 aliphatic heterocycles. The maximum absolute atomic E-state index is 12.5. The van der Waals surface area contributed by atoms with E-state index in [0.717, 1.165) is 4.47 Å². The molecule has 0 aromatic heterocycles. The molecule has 9 heteroatoms. The Balaban J connectivity index is 1.66. The number of carbonyl (C=O) groups excluding carboxylic acids is 3. The van der Waals surface area contributed by atoms with Crippen LogP contribution >= 0.6 is 27.5 Å². The van der Waals surface area contributed by atoms with Crippen molar-refractivity contribution in [2.24, 2.45) is 10.5 Å². The second-order valence-electron chi connectivity index (χ2n) is 8.56. The summed E-state index contributed by atoms with van der Waals surface area (Å²) in [6.07, 6.45) is 1.34. The molecule has 7 nitrogen and oxygen atoms in total. The number of esters is 1. The van der Waals surface area contributed by atoms with E-state index in [2.05, 4.69) is 31.8 Å². The molecule has 0 aliphatic rings. The zero-order valence-corrected chi connectivity index (χ0v) is 21.6. The molecule has 0 aliphatic carbocycles. The first-order valence-corrected chi connectivity index (χ1v) is 11.7. The number of hydrazone groups is 1. The van der Waals surface area contributed by atoms with Gasteiger partial charge in [0.1, 0.15) is 5.75 Å². The van der Waals surface area contributed by atoms with Crippen LogP contribution in [0.4, 0.5) is 5.69 Å². The zero-order valence-electron chi connectivity index (χ0n) is 19.3. The summed E-state index contributed by atoms with van der Waals surface area (Å²) >= 11 is 9.40. The Morgan fingerprint density at radius 2 is 1.57 bits per heavy atom. The van der Waals surface area contributed by atoms with Crippen molar-refractivity contribution in [2.45, 2.75) is 20.8 Å². The third-order valence-electron chi connectivity index (χ3n) is 4.71. The summed E-state index contributed by atoms with van der Waals surface area (Å²) in [4.78, 5) is 37.0. The molecule has 180 valence electrons. The molecule has 0 heterocycles. The maximum atomic E-state index is 12.5. The Bertz CT molecular complexity index is 1270. The molecule has 0 unspecified atom stereocenters. The number of nitrogens with one attached hydrogen (secondary N) is 2. The number of halogens is 2. The van der Waals surface area contributed by atoms with Crippen molar-refractivity contribution in [2.75, 3.05) is 5.32 Å². The topological polar surface area (TPSA) is 96.9 Å². The summed E-state index contributed by atoms with van der Waals surface area (Å²) in [5.41, 5.74) is 3.61. The molecule has 3 rings (SSSR count). The summed E-state index contributed by atoms with van der Waals surface area (Å²) in [5, 5.41) is 7.17. The fourth-order valence-corrected chi connectivity index (χ4v) is 3.15. The highest BCUT2D eigenvalue weighted by atomic mass is 79.9. The van der Waals surface area contributed by atoms with E-state index in [1.54, 1.807) is 66.7 Å². The van der Waals surface area contributed by atoms with Crippen LogP contribution in [-0.2, 0) is 4.79 Å². The van der Waals surface area contributed by atoms with Crippen LogP contribution in [0.25, 0.3) is 0 Å². The first kappa shape index (κ1) is 26.1. The van der Waals surface area contributed by atoms with Crippen molar-refractivity contribution in [1.29, 1.82) is 0 Å². The molecule has 0 radical (unpaired) electrons. The highest BCUT2D eigenvalue weighted by Crippen LogP contribution is 2.23. The molecule has 2 amide bonds. The minimum atomic E-state index is -0.544. The SMILES string of the molecule is CC(C)(C)C(=O)Nc1ccc(C(=O)N/N=C/c2cc(Cl)ccc2OC(=O)c2ccc(Br)cc2)cc1. The van der Waals surface area contributed by atoms with Gasteiger partial charge in [0.2, 0.25) is 5.91 Å². The maximum Gasteiger partial charge on any atom is 0.343 e. The van der Waals surface area contributed by atoms with Crippen LogP contribution in [0.3, 0.4) is 0 Å². The number of anilines is 1. The van der Waals surface area contributed by atoms with Gasteiger partial charge in [0.25, 0.3) is 5.91 Å². The summed E-state index contributed by atoms with van der Waals surface area (Å²) in [5.74, 6) is -0.890. The summed E-state index contributed by atoms with van der Waals surface area (Å²) in [7, 11) is 0. The summed E-state index contributed by atoms with van der Waals surface area (Å²) in [6.45, 7) is 5.44. The lowest BCUT2D eigenvalue weighted by atomic mass is 9.95. The van der Waals surface area contributed by atoms with Crippen LogP contribution in [0.15, 0.2) is 76.3 Å². The van der Waals surface area contributed by atoms with Gasteiger partial charge in [-0.25, -0.2) is 10.2 Å². The summed E-state index contributed by atoms with van der Waals surface area (Å²) in [6, 6.07) is 17.9. The molecular weight excluding hydrogens is 534 g/mol. The van der Waals surface area contributed by atoms with Crippen LogP contribution < -0.4 is 15.5 Å². The Morgan fingerprint density at radius 1 is 0.943 bits per heavy atom. The number of benzene rings is 3. The fourth-order valence-electron chi connectivity index (χ4n) is 2.71. The lowest BCUT2D eigenvalue weighted by molar-refractivity contribution is -0.123. The smallest absolute Gasteiger partial charge is 0.343 e. The molecule has 3 aromatic carbocycles. The first-order chi connectivity index (χ1) is 16.5. The second kappa shape index (κ2) is 11.3. The normalized spacial score (nSPS) is 11.2. The monoisotopic (exact) mass is 555 g/mol. The third kappa shape index (κ3) is 7.50. The van der Waals surface area contributed by atoms with Crippen molar-refractivity contribution < 1.29 is 19.1 Å². The minimum Gasteiger partial charge on any atom is -0.422 e. The molecule has 0 fully saturated rings. The van der Waals surface area contributed by atoms with Gasteiger partial charge in [-0.1, -0.05) is 48.3 Å². The molecule has 2 N–H and O–H groups in total. The molecule has 0 spiro atoms. The Morgan fingerprint density at radius 3 is 2.20 bits per heavy atom. The Hall–Kier alpha value is -3.49. The zero-order chi connectivity index (χ0) is 25.6. The molecule has 0 bridgehead atoms. The van der Waals surface area contributed by atoms with Gasteiger partial charge in [0.05, 0.1) is 11.8 Å². The average Bonchev–Trinajstić information content (AvgIpc) is 2.81. The van der Waals surface area contributed by atoms with E-state index in [1.165, 1.54) is 6.21 Å². The van der Waals surface area contributed by atoms with Gasteiger partial charge in [-0.05, 0) is 66.7 Å². The average molecular weight is 557 g/mol. The fraction of sp³-hybridized carbons (Fsp3) is 0.154. The van der Waals surface area contributed by atoms with Gasteiger partial charge in [-0.15, -0.1) is 0 Å². The van der Waals surface area contributed by atoms with Crippen molar-refractivity contribution in [1.82, 2.24) is 5.43 Å². The number of hydrogen-bond donors (Lipinski definition) is 2. The standard InChI is InChI=1S/C26H23BrClN3O4/c1-26(2,3)25(34)30-21-11-6-16(7-12-21)23(32)31-29-15-18-14-20(28)10-13-22(18)35-24(33)17-4-8-19(27)9-5-17/h4-15H,1-3H3,(H,30,34)(H,31,32)/b29-15+. The molecule has 35 heavy (non-hydrogen) atoms. The Kier molecular flexibility index (Phi) is 8.43. The highest BCUT2D eigenvalue weighted by molar-refractivity contribution is 9.10. The van der Waals surface area contributed by atoms with E-state index in [-0.39, 0.29) is 11.7 Å². The van der Waals surface area contributed by atoms with Crippen LogP contribution in [0, 0.1) is 5.41 Å². The van der Waals surface area contributed by atoms with Gasteiger partial charge >= 0.3 is 5.97 Å². The lowest BCUT2D eigenvalue weighted by Crippen LogP contribution is -2.27. The van der Waals surface area contributed by atoms with Crippen molar-refractivity contribution in [3.8, 4) is 5.75 Å². The molecule has 0 saturated carbocycles. The molecule has 0 saturated heterocycles. The largest absolute Gasteiger partial charge is 0.422 e. The van der Waals surface area contributed by atoms with E-state index in [4.69, 9.17) is 16.3 Å². The predicted molar refractivity (Wildman–Crippen MR) is 140 cm³/mol. The first-order valence-electron chi connectivity index (χ1n) is 10.5. The van der Waals surface area contributed by atoms with Crippen molar-refractivity contribution in [3.05, 3.63) is 92.9 Å². The van der Waals surface area contributed by atoms with E-state index in [1.807, 2.05) is 20.8 Å². The van der Waals surface area contributed by atoms with Gasteiger partial charge in [0, 0.05) is 31.7 Å². The number of amides is 2.